The average Bonchev–Trinajstić information content (AvgIpc) is 2.61. The monoisotopic (exact) mass is 314 g/mol. The minimum atomic E-state index is 0.762. The van der Waals surface area contributed by atoms with Crippen LogP contribution in [-0.2, 0) is 11.3 Å². The predicted molar refractivity (Wildman–Crippen MR) is 99.8 cm³/mol. The fourth-order valence-corrected chi connectivity index (χ4v) is 3.50. The molecule has 1 saturated carbocycles. The lowest BCUT2D eigenvalue weighted by Gasteiger charge is -2.27. The molecule has 23 heavy (non-hydrogen) atoms. The van der Waals surface area contributed by atoms with Crippen molar-refractivity contribution in [1.82, 2.24) is 0 Å². The second-order valence-electron chi connectivity index (χ2n) is 6.95. The van der Waals surface area contributed by atoms with Crippen molar-refractivity contribution in [3.8, 4) is 0 Å². The molecule has 0 heterocycles. The Kier molecular flexibility index (Phi) is 8.46. The highest BCUT2D eigenvalue weighted by Crippen LogP contribution is 2.36. The minimum Gasteiger partial charge on any atom is -0.377 e. The summed E-state index contributed by atoms with van der Waals surface area (Å²) in [6.07, 6.45) is 15.0. The molecule has 1 aromatic carbocycles. The van der Waals surface area contributed by atoms with Crippen LogP contribution in [0.1, 0.15) is 82.3 Å². The van der Waals surface area contributed by atoms with Crippen LogP contribution < -0.4 is 0 Å². The van der Waals surface area contributed by atoms with Crippen molar-refractivity contribution in [2.24, 2.45) is 5.92 Å². The third kappa shape index (κ3) is 6.51. The Labute approximate surface area is 143 Å². The lowest BCUT2D eigenvalue weighted by molar-refractivity contribution is 0.117. The zero-order valence-corrected chi connectivity index (χ0v) is 15.1. The van der Waals surface area contributed by atoms with Crippen LogP contribution in [0.3, 0.4) is 0 Å². The number of benzene rings is 1. The Balaban J connectivity index is 1.73. The lowest BCUT2D eigenvalue weighted by Crippen LogP contribution is -2.11. The van der Waals surface area contributed by atoms with Crippen molar-refractivity contribution >= 4 is 0 Å². The number of hydrogen-bond acceptors (Lipinski definition) is 1. The van der Waals surface area contributed by atoms with Gasteiger partial charge in [-0.3, -0.25) is 0 Å². The summed E-state index contributed by atoms with van der Waals surface area (Å²) in [6.45, 7) is 6.10. The van der Waals surface area contributed by atoms with E-state index in [9.17, 15) is 0 Å². The molecule has 0 aromatic heterocycles. The van der Waals surface area contributed by atoms with Crippen LogP contribution >= 0.6 is 0 Å². The molecule has 128 valence electrons. The van der Waals surface area contributed by atoms with Crippen LogP contribution in [-0.4, -0.2) is 6.61 Å². The van der Waals surface area contributed by atoms with Gasteiger partial charge in [-0.2, -0.15) is 0 Å². The van der Waals surface area contributed by atoms with Crippen LogP contribution in [0.15, 0.2) is 36.4 Å². The highest BCUT2D eigenvalue weighted by Gasteiger charge is 2.20. The quantitative estimate of drug-likeness (QED) is 0.367. The third-order valence-corrected chi connectivity index (χ3v) is 5.03. The first-order valence-electron chi connectivity index (χ1n) is 9.66. The third-order valence-electron chi connectivity index (χ3n) is 5.03. The van der Waals surface area contributed by atoms with E-state index in [-0.39, 0.29) is 0 Å². The van der Waals surface area contributed by atoms with Gasteiger partial charge in [0.1, 0.15) is 0 Å². The Bertz CT molecular complexity index is 438. The summed E-state index contributed by atoms with van der Waals surface area (Å²) in [5.41, 5.74) is 2.84. The van der Waals surface area contributed by atoms with E-state index < -0.39 is 0 Å². The Morgan fingerprint density at radius 1 is 1.00 bits per heavy atom. The van der Waals surface area contributed by atoms with Crippen LogP contribution in [0.5, 0.6) is 0 Å². The van der Waals surface area contributed by atoms with Gasteiger partial charge >= 0.3 is 0 Å². The molecular formula is C22H34O. The highest BCUT2D eigenvalue weighted by molar-refractivity contribution is 5.25. The molecule has 0 saturated heterocycles. The molecule has 2 rings (SSSR count). The Morgan fingerprint density at radius 3 is 2.39 bits per heavy atom. The minimum absolute atomic E-state index is 0.762. The molecule has 1 aliphatic rings. The van der Waals surface area contributed by atoms with E-state index in [0.717, 1.165) is 25.0 Å². The summed E-state index contributed by atoms with van der Waals surface area (Å²) in [7, 11) is 0. The molecule has 0 unspecified atom stereocenters. The molecule has 0 spiro atoms. The van der Waals surface area contributed by atoms with E-state index in [4.69, 9.17) is 4.74 Å². The first kappa shape index (κ1) is 18.3. The summed E-state index contributed by atoms with van der Waals surface area (Å²) >= 11 is 0. The summed E-state index contributed by atoms with van der Waals surface area (Å²) in [4.78, 5) is 0. The largest absolute Gasteiger partial charge is 0.377 e. The van der Waals surface area contributed by atoms with Crippen LogP contribution in [0.25, 0.3) is 0 Å². The second kappa shape index (κ2) is 10.6. The predicted octanol–water partition coefficient (Wildman–Crippen LogP) is 6.63. The van der Waals surface area contributed by atoms with E-state index in [2.05, 4.69) is 50.3 Å². The topological polar surface area (TPSA) is 9.23 Å². The summed E-state index contributed by atoms with van der Waals surface area (Å²) in [5.74, 6) is 1.59. The fourth-order valence-electron chi connectivity index (χ4n) is 3.50. The fraction of sp³-hybridized carbons (Fsp3) is 0.636. The maximum Gasteiger partial charge on any atom is 0.0716 e. The number of hydrogen-bond donors (Lipinski definition) is 0. The number of rotatable bonds is 9. The van der Waals surface area contributed by atoms with Crippen LogP contribution in [0.2, 0.25) is 0 Å². The van der Waals surface area contributed by atoms with Crippen molar-refractivity contribution in [3.63, 3.8) is 0 Å². The van der Waals surface area contributed by atoms with E-state index in [1.54, 1.807) is 0 Å². The highest BCUT2D eigenvalue weighted by atomic mass is 16.5. The number of allylic oxidation sites excluding steroid dienone is 2. The van der Waals surface area contributed by atoms with Gasteiger partial charge in [0.05, 0.1) is 6.61 Å². The number of ether oxygens (including phenoxy) is 1. The molecule has 1 aromatic rings. The molecule has 0 atom stereocenters. The zero-order chi connectivity index (χ0) is 16.3. The molecule has 0 amide bonds. The molecule has 1 fully saturated rings. The van der Waals surface area contributed by atoms with Gasteiger partial charge in [0.25, 0.3) is 0 Å². The second-order valence-corrected chi connectivity index (χ2v) is 6.95. The van der Waals surface area contributed by atoms with E-state index >= 15 is 0 Å². The van der Waals surface area contributed by atoms with Crippen LogP contribution in [0, 0.1) is 5.92 Å². The summed E-state index contributed by atoms with van der Waals surface area (Å²) in [5, 5.41) is 0. The van der Waals surface area contributed by atoms with Crippen molar-refractivity contribution in [2.45, 2.75) is 77.7 Å². The molecule has 1 aliphatic carbocycles. The first-order chi connectivity index (χ1) is 11.3. The average molecular weight is 315 g/mol. The van der Waals surface area contributed by atoms with Gasteiger partial charge in [-0.05, 0) is 61.5 Å². The molecular weight excluding hydrogens is 280 g/mol. The van der Waals surface area contributed by atoms with Gasteiger partial charge in [-0.25, -0.2) is 0 Å². The van der Waals surface area contributed by atoms with Gasteiger partial charge in [-0.15, -0.1) is 0 Å². The van der Waals surface area contributed by atoms with Gasteiger partial charge in [-0.1, -0.05) is 63.1 Å². The van der Waals surface area contributed by atoms with Crippen molar-refractivity contribution in [1.29, 1.82) is 0 Å². The summed E-state index contributed by atoms with van der Waals surface area (Å²) < 4.78 is 5.75. The zero-order valence-electron chi connectivity index (χ0n) is 15.1. The Hall–Kier alpha value is -1.08. The van der Waals surface area contributed by atoms with Gasteiger partial charge in [0.2, 0.25) is 0 Å². The van der Waals surface area contributed by atoms with E-state index in [0.29, 0.717) is 0 Å². The molecule has 0 radical (unpaired) electrons. The van der Waals surface area contributed by atoms with E-state index in [1.165, 1.54) is 62.5 Å². The molecule has 1 heteroatoms. The molecule has 0 aliphatic heterocycles. The SMILES string of the molecule is CCC=CC1CCC(c2ccc(COCCCCC)cc2)CC1. The van der Waals surface area contributed by atoms with Crippen molar-refractivity contribution < 1.29 is 4.74 Å². The van der Waals surface area contributed by atoms with Gasteiger partial charge in [0.15, 0.2) is 0 Å². The maximum absolute atomic E-state index is 5.75. The van der Waals surface area contributed by atoms with Gasteiger partial charge in [0, 0.05) is 6.61 Å². The molecule has 0 N–H and O–H groups in total. The van der Waals surface area contributed by atoms with Gasteiger partial charge < -0.3 is 4.74 Å². The smallest absolute Gasteiger partial charge is 0.0716 e. The standard InChI is InChI=1S/C22H34O/c1-3-5-7-17-23-18-20-11-15-22(16-12-20)21-13-9-19(10-14-21)8-6-4-2/h6,8,11-12,15-16,19,21H,3-5,7,9-10,13-14,17-18H2,1-2H3. The molecule has 1 nitrogen and oxygen atoms in total. The summed E-state index contributed by atoms with van der Waals surface area (Å²) in [6, 6.07) is 9.19. The lowest BCUT2D eigenvalue weighted by atomic mass is 9.78. The Morgan fingerprint density at radius 2 is 1.74 bits per heavy atom. The number of unbranched alkanes of at least 4 members (excludes halogenated alkanes) is 2. The first-order valence-corrected chi connectivity index (χ1v) is 9.66. The van der Waals surface area contributed by atoms with Crippen molar-refractivity contribution in [2.75, 3.05) is 6.61 Å². The maximum atomic E-state index is 5.75. The molecule has 0 bridgehead atoms. The van der Waals surface area contributed by atoms with Crippen molar-refractivity contribution in [3.05, 3.63) is 47.5 Å². The normalized spacial score (nSPS) is 21.8. The van der Waals surface area contributed by atoms with E-state index in [1.807, 2.05) is 0 Å². The van der Waals surface area contributed by atoms with Crippen LogP contribution in [0.4, 0.5) is 0 Å².